The van der Waals surface area contributed by atoms with Gasteiger partial charge in [0.1, 0.15) is 21.9 Å². The van der Waals surface area contributed by atoms with Gasteiger partial charge in [-0.05, 0) is 29.2 Å². The van der Waals surface area contributed by atoms with Crippen molar-refractivity contribution in [2.75, 3.05) is 0 Å². The number of hydrogen-bond acceptors (Lipinski definition) is 0. The van der Waals surface area contributed by atoms with Crippen LogP contribution in [0.5, 0.6) is 0 Å². The van der Waals surface area contributed by atoms with Crippen molar-refractivity contribution in [1.82, 2.24) is 0 Å². The van der Waals surface area contributed by atoms with Crippen molar-refractivity contribution in [3.05, 3.63) is 70.0 Å². The molecule has 0 heterocycles. The van der Waals surface area contributed by atoms with E-state index in [9.17, 15) is 13.2 Å². The molecule has 0 radical (unpaired) electrons. The van der Waals surface area contributed by atoms with Crippen LogP contribution in [-0.4, -0.2) is 0 Å². The fourth-order valence-electron chi connectivity index (χ4n) is 3.55. The lowest BCUT2D eigenvalue weighted by Gasteiger charge is -2.12. The van der Waals surface area contributed by atoms with E-state index in [1.165, 1.54) is 0 Å². The number of benzene rings is 2. The molecule has 132 valence electrons. The van der Waals surface area contributed by atoms with Gasteiger partial charge in [0.05, 0.1) is 5.56 Å². The molecule has 5 heteroatoms. The standard InChI is InChI=1S/C20H17Cl2F3/c1-20(2)13(14(20)9-17(21)22)8-12-15(23)10-16(24)18(19(12)25)11-6-4-3-5-7-11/h3-7,9-10,13-14H,8H2,1-2H3/t13-,14+/m0/s1. The maximum atomic E-state index is 15.0. The number of allylic oxidation sites excluding steroid dienone is 1. The topological polar surface area (TPSA) is 0 Å². The quantitative estimate of drug-likeness (QED) is 0.537. The highest BCUT2D eigenvalue weighted by Gasteiger charge is 2.56. The van der Waals surface area contributed by atoms with E-state index in [2.05, 4.69) is 0 Å². The van der Waals surface area contributed by atoms with E-state index in [1.807, 2.05) is 13.8 Å². The lowest BCUT2D eigenvalue weighted by Crippen LogP contribution is -2.05. The van der Waals surface area contributed by atoms with Crippen molar-refractivity contribution in [3.63, 3.8) is 0 Å². The first-order valence-corrected chi connectivity index (χ1v) is 8.73. The van der Waals surface area contributed by atoms with Gasteiger partial charge >= 0.3 is 0 Å². The molecule has 1 fully saturated rings. The molecule has 2 atom stereocenters. The van der Waals surface area contributed by atoms with Gasteiger partial charge in [-0.1, -0.05) is 73.5 Å². The fraction of sp³-hybridized carbons (Fsp3) is 0.300. The van der Waals surface area contributed by atoms with Gasteiger partial charge in [0.2, 0.25) is 0 Å². The molecule has 25 heavy (non-hydrogen) atoms. The van der Waals surface area contributed by atoms with Crippen LogP contribution in [0, 0.1) is 34.7 Å². The van der Waals surface area contributed by atoms with Crippen molar-refractivity contribution in [2.45, 2.75) is 20.3 Å². The number of hydrogen-bond donors (Lipinski definition) is 0. The van der Waals surface area contributed by atoms with E-state index in [0.717, 1.165) is 6.07 Å². The zero-order chi connectivity index (χ0) is 18.4. The molecule has 0 nitrogen and oxygen atoms in total. The molecule has 1 saturated carbocycles. The maximum absolute atomic E-state index is 15.0. The van der Waals surface area contributed by atoms with Gasteiger partial charge in [0.25, 0.3) is 0 Å². The Morgan fingerprint density at radius 3 is 2.32 bits per heavy atom. The molecule has 1 aliphatic rings. The first-order chi connectivity index (χ1) is 11.7. The predicted octanol–water partition coefficient (Wildman–Crippen LogP) is 6.90. The monoisotopic (exact) mass is 384 g/mol. The molecule has 0 amide bonds. The zero-order valence-corrected chi connectivity index (χ0v) is 15.3. The normalized spacial score (nSPS) is 21.1. The molecule has 2 aromatic carbocycles. The Bertz CT molecular complexity index is 825. The van der Waals surface area contributed by atoms with Crippen molar-refractivity contribution < 1.29 is 13.2 Å². The van der Waals surface area contributed by atoms with Gasteiger partial charge in [-0.2, -0.15) is 0 Å². The summed E-state index contributed by atoms with van der Waals surface area (Å²) in [5, 5.41) is 0. The zero-order valence-electron chi connectivity index (χ0n) is 13.8. The van der Waals surface area contributed by atoms with Crippen molar-refractivity contribution in [2.24, 2.45) is 17.3 Å². The Labute approximate surface area is 155 Å². The van der Waals surface area contributed by atoms with Crippen molar-refractivity contribution in [1.29, 1.82) is 0 Å². The Hall–Kier alpha value is -1.45. The van der Waals surface area contributed by atoms with Crippen LogP contribution in [0.3, 0.4) is 0 Å². The van der Waals surface area contributed by atoms with E-state index in [0.29, 0.717) is 5.56 Å². The Morgan fingerprint density at radius 1 is 1.08 bits per heavy atom. The van der Waals surface area contributed by atoms with Crippen LogP contribution in [0.15, 0.2) is 47.0 Å². The second-order valence-electron chi connectivity index (χ2n) is 6.99. The summed E-state index contributed by atoms with van der Waals surface area (Å²) in [5.74, 6) is -2.59. The van der Waals surface area contributed by atoms with E-state index in [1.54, 1.807) is 36.4 Å². The second-order valence-corrected chi connectivity index (χ2v) is 8.00. The molecule has 0 saturated heterocycles. The molecule has 0 aromatic heterocycles. The minimum Gasteiger partial charge on any atom is -0.206 e. The van der Waals surface area contributed by atoms with E-state index in [4.69, 9.17) is 23.2 Å². The third kappa shape index (κ3) is 3.45. The summed E-state index contributed by atoms with van der Waals surface area (Å²) in [7, 11) is 0. The van der Waals surface area contributed by atoms with E-state index in [-0.39, 0.29) is 39.3 Å². The van der Waals surface area contributed by atoms with E-state index < -0.39 is 17.5 Å². The van der Waals surface area contributed by atoms with E-state index >= 15 is 0 Å². The van der Waals surface area contributed by atoms with Gasteiger partial charge in [0.15, 0.2) is 0 Å². The molecule has 2 aromatic rings. The predicted molar refractivity (Wildman–Crippen MR) is 96.0 cm³/mol. The van der Waals surface area contributed by atoms with Crippen LogP contribution >= 0.6 is 23.2 Å². The van der Waals surface area contributed by atoms with Gasteiger partial charge in [-0.25, -0.2) is 13.2 Å². The number of halogens is 5. The first-order valence-electron chi connectivity index (χ1n) is 7.98. The largest absolute Gasteiger partial charge is 0.206 e. The fourth-order valence-corrected chi connectivity index (χ4v) is 3.82. The Kier molecular flexibility index (Phi) is 4.91. The third-order valence-corrected chi connectivity index (χ3v) is 5.45. The highest BCUT2D eigenvalue weighted by atomic mass is 35.5. The molecule has 3 rings (SSSR count). The highest BCUT2D eigenvalue weighted by molar-refractivity contribution is 6.55. The van der Waals surface area contributed by atoms with Crippen LogP contribution < -0.4 is 0 Å². The van der Waals surface area contributed by atoms with Crippen molar-refractivity contribution >= 4 is 23.2 Å². The highest BCUT2D eigenvalue weighted by Crippen LogP contribution is 2.61. The molecule has 0 aliphatic heterocycles. The van der Waals surface area contributed by atoms with Crippen molar-refractivity contribution in [3.8, 4) is 11.1 Å². The first kappa shape index (κ1) is 18.3. The van der Waals surface area contributed by atoms with Gasteiger partial charge in [-0.15, -0.1) is 0 Å². The molecule has 0 spiro atoms. The van der Waals surface area contributed by atoms with Crippen LogP contribution in [0.4, 0.5) is 13.2 Å². The lowest BCUT2D eigenvalue weighted by atomic mass is 9.96. The average molecular weight is 385 g/mol. The van der Waals surface area contributed by atoms with Gasteiger partial charge < -0.3 is 0 Å². The summed E-state index contributed by atoms with van der Waals surface area (Å²) in [6, 6.07) is 9.08. The summed E-state index contributed by atoms with van der Waals surface area (Å²) in [5.41, 5.74) is -0.0817. The molecule has 1 aliphatic carbocycles. The molecule has 0 bridgehead atoms. The lowest BCUT2D eigenvalue weighted by molar-refractivity contribution is 0.500. The summed E-state index contributed by atoms with van der Waals surface area (Å²) in [4.78, 5) is 0. The minimum atomic E-state index is -0.903. The summed E-state index contributed by atoms with van der Waals surface area (Å²) in [6.45, 7) is 3.99. The molecule has 0 unspecified atom stereocenters. The molecular formula is C20H17Cl2F3. The smallest absolute Gasteiger partial charge is 0.140 e. The third-order valence-electron chi connectivity index (χ3n) is 5.20. The molecule has 0 N–H and O–H groups in total. The maximum Gasteiger partial charge on any atom is 0.140 e. The number of rotatable bonds is 4. The minimum absolute atomic E-state index is 0.0157. The Balaban J connectivity index is 2.00. The SMILES string of the molecule is CC1(C)[C@H](C=C(Cl)Cl)[C@@H]1Cc1c(F)cc(F)c(-c2ccccc2)c1F. The van der Waals surface area contributed by atoms with Crippen LogP contribution in [0.25, 0.3) is 11.1 Å². The second kappa shape index (κ2) is 6.69. The van der Waals surface area contributed by atoms with Crippen LogP contribution in [0.2, 0.25) is 0 Å². The van der Waals surface area contributed by atoms with Crippen LogP contribution in [-0.2, 0) is 6.42 Å². The van der Waals surface area contributed by atoms with Gasteiger partial charge in [0, 0.05) is 11.6 Å². The van der Waals surface area contributed by atoms with Gasteiger partial charge in [-0.3, -0.25) is 0 Å². The summed E-state index contributed by atoms with van der Waals surface area (Å²) >= 11 is 11.5. The summed E-state index contributed by atoms with van der Waals surface area (Å²) in [6.07, 6.45) is 1.86. The Morgan fingerprint density at radius 2 is 1.72 bits per heavy atom. The average Bonchev–Trinajstić information content (AvgIpc) is 3.03. The molecular weight excluding hydrogens is 368 g/mol. The summed E-state index contributed by atoms with van der Waals surface area (Å²) < 4.78 is 43.6. The van der Waals surface area contributed by atoms with Crippen LogP contribution in [0.1, 0.15) is 19.4 Å².